The van der Waals surface area contributed by atoms with Crippen molar-refractivity contribution < 1.29 is 25.2 Å². The SMILES string of the molecule is Cc1ccnc(-n2c3[c-]c(Oc4[c-]c(-n5nc(C(C)C)c(-c6ccccc6)c5C(C)C)cc(C(C)(C)C)c4)ccc3c3ccccc32)c1.[Pd+2]. The fourth-order valence-corrected chi connectivity index (χ4v) is 6.53. The number of aryl methyl sites for hydroxylation is 1. The first-order chi connectivity index (χ1) is 23.0. The summed E-state index contributed by atoms with van der Waals surface area (Å²) in [6.45, 7) is 17.7. The van der Waals surface area contributed by atoms with E-state index >= 15 is 0 Å². The number of aromatic nitrogens is 4. The van der Waals surface area contributed by atoms with Gasteiger partial charge in [-0.05, 0) is 64.6 Å². The summed E-state index contributed by atoms with van der Waals surface area (Å²) in [7, 11) is 0. The smallest absolute Gasteiger partial charge is 0.509 e. The molecule has 7 rings (SSSR count). The summed E-state index contributed by atoms with van der Waals surface area (Å²) < 4.78 is 10.9. The number of nitrogens with zero attached hydrogens (tertiary/aromatic N) is 4. The van der Waals surface area contributed by atoms with Crippen LogP contribution in [0.4, 0.5) is 0 Å². The molecule has 5 nitrogen and oxygen atoms in total. The van der Waals surface area contributed by atoms with Gasteiger partial charge in [0.2, 0.25) is 0 Å². The molecular weight excluding hydrogens is 695 g/mol. The summed E-state index contributed by atoms with van der Waals surface area (Å²) in [5.41, 5.74) is 9.66. The maximum Gasteiger partial charge on any atom is 2.00 e. The summed E-state index contributed by atoms with van der Waals surface area (Å²) in [6.07, 6.45) is 1.86. The van der Waals surface area contributed by atoms with Crippen molar-refractivity contribution in [1.29, 1.82) is 0 Å². The Morgan fingerprint density at radius 1 is 0.755 bits per heavy atom. The summed E-state index contributed by atoms with van der Waals surface area (Å²) in [5, 5.41) is 7.53. The number of benzene rings is 4. The zero-order chi connectivity index (χ0) is 33.7. The Balaban J connectivity index is 0.00000417. The first-order valence-corrected chi connectivity index (χ1v) is 16.8. The molecule has 0 saturated carbocycles. The molecule has 3 heterocycles. The standard InChI is InChI=1S/C43H42N4O.Pd/c1-27(2)41-40(30-14-10-9-11-15-30)42(28(3)4)47(45-41)32-23-31(43(6,7)8)24-34(25-32)48-33-18-19-36-35-16-12-13-17-37(35)46(38(36)26-33)39-22-29(5)20-21-44-39;/h9-24,27-28H,1-8H3;/q-2;+2. The maximum atomic E-state index is 6.68. The third kappa shape index (κ3) is 6.48. The second kappa shape index (κ2) is 13.4. The average Bonchev–Trinajstić information content (AvgIpc) is 3.62. The van der Waals surface area contributed by atoms with E-state index in [-0.39, 0.29) is 37.7 Å². The fourth-order valence-electron chi connectivity index (χ4n) is 6.53. The molecule has 0 N–H and O–H groups in total. The Morgan fingerprint density at radius 2 is 1.49 bits per heavy atom. The van der Waals surface area contributed by atoms with Gasteiger partial charge in [0, 0.05) is 28.8 Å². The number of hydrogen-bond acceptors (Lipinski definition) is 3. The van der Waals surface area contributed by atoms with Gasteiger partial charge in [0.05, 0.1) is 11.4 Å². The second-order valence-electron chi connectivity index (χ2n) is 14.3. The van der Waals surface area contributed by atoms with Crippen molar-refractivity contribution in [2.75, 3.05) is 0 Å². The summed E-state index contributed by atoms with van der Waals surface area (Å²) in [5.74, 6) is 2.57. The molecule has 0 atom stereocenters. The maximum absolute atomic E-state index is 6.68. The van der Waals surface area contributed by atoms with E-state index in [2.05, 4.69) is 156 Å². The third-order valence-corrected chi connectivity index (χ3v) is 8.94. The van der Waals surface area contributed by atoms with Gasteiger partial charge in [0.25, 0.3) is 0 Å². The van der Waals surface area contributed by atoms with Gasteiger partial charge >= 0.3 is 20.4 Å². The molecule has 0 fully saturated rings. The van der Waals surface area contributed by atoms with Crippen LogP contribution in [0, 0.1) is 19.1 Å². The van der Waals surface area contributed by atoms with Gasteiger partial charge in [0.15, 0.2) is 0 Å². The van der Waals surface area contributed by atoms with Crippen molar-refractivity contribution in [3.63, 3.8) is 0 Å². The van der Waals surface area contributed by atoms with Gasteiger partial charge in [0.1, 0.15) is 5.82 Å². The van der Waals surface area contributed by atoms with Crippen LogP contribution >= 0.6 is 0 Å². The van der Waals surface area contributed by atoms with E-state index in [1.807, 2.05) is 18.3 Å². The van der Waals surface area contributed by atoms with Gasteiger partial charge in [-0.15, -0.1) is 41.3 Å². The minimum Gasteiger partial charge on any atom is -0.509 e. The van der Waals surface area contributed by atoms with E-state index in [9.17, 15) is 0 Å². The monoisotopic (exact) mass is 736 g/mol. The van der Waals surface area contributed by atoms with Crippen LogP contribution in [-0.4, -0.2) is 19.3 Å². The molecule has 0 saturated heterocycles. The summed E-state index contributed by atoms with van der Waals surface area (Å²) in [6, 6.07) is 38.8. The molecule has 4 aromatic carbocycles. The minimum atomic E-state index is -0.132. The van der Waals surface area contributed by atoms with E-state index in [0.29, 0.717) is 11.5 Å². The molecule has 3 aromatic heterocycles. The van der Waals surface area contributed by atoms with Crippen LogP contribution in [0.3, 0.4) is 0 Å². The van der Waals surface area contributed by atoms with Crippen LogP contribution in [0.2, 0.25) is 0 Å². The van der Waals surface area contributed by atoms with Crippen LogP contribution in [0.5, 0.6) is 11.5 Å². The number of para-hydroxylation sites is 1. The van der Waals surface area contributed by atoms with E-state index in [4.69, 9.17) is 14.8 Å². The topological polar surface area (TPSA) is 44.9 Å². The van der Waals surface area contributed by atoms with Crippen LogP contribution < -0.4 is 4.74 Å². The van der Waals surface area contributed by atoms with Crippen molar-refractivity contribution in [3.8, 4) is 34.1 Å². The van der Waals surface area contributed by atoms with E-state index in [0.717, 1.165) is 50.1 Å². The Hall–Kier alpha value is -4.50. The summed E-state index contributed by atoms with van der Waals surface area (Å²) >= 11 is 0. The second-order valence-corrected chi connectivity index (χ2v) is 14.3. The molecule has 0 aliphatic heterocycles. The largest absolute Gasteiger partial charge is 2.00 e. The van der Waals surface area contributed by atoms with Crippen molar-refractivity contribution in [2.45, 2.75) is 72.6 Å². The molecule has 0 spiro atoms. The Labute approximate surface area is 303 Å². The predicted octanol–water partition coefficient (Wildman–Crippen LogP) is 11.3. The molecule has 0 amide bonds. The normalized spacial score (nSPS) is 11.9. The molecular formula is C43H42N4OPd. The van der Waals surface area contributed by atoms with Crippen LogP contribution in [0.1, 0.15) is 82.8 Å². The van der Waals surface area contributed by atoms with Crippen LogP contribution in [-0.2, 0) is 25.8 Å². The molecule has 0 aliphatic carbocycles. The Bertz CT molecular complexity index is 2270. The van der Waals surface area contributed by atoms with Gasteiger partial charge in [-0.2, -0.15) is 11.2 Å². The van der Waals surface area contributed by atoms with Crippen molar-refractivity contribution in [2.24, 2.45) is 0 Å². The Kier molecular flexibility index (Phi) is 9.42. The third-order valence-electron chi connectivity index (χ3n) is 8.94. The van der Waals surface area contributed by atoms with E-state index in [1.165, 1.54) is 16.8 Å². The molecule has 49 heavy (non-hydrogen) atoms. The van der Waals surface area contributed by atoms with E-state index in [1.54, 1.807) is 0 Å². The fraction of sp³-hybridized carbons (Fsp3) is 0.256. The van der Waals surface area contributed by atoms with Crippen molar-refractivity contribution in [1.82, 2.24) is 19.3 Å². The molecule has 7 aromatic rings. The zero-order valence-electron chi connectivity index (χ0n) is 29.4. The quantitative estimate of drug-likeness (QED) is 0.121. The first-order valence-electron chi connectivity index (χ1n) is 16.8. The first kappa shape index (κ1) is 34.4. The number of fused-ring (bicyclic) bond motifs is 3. The van der Waals surface area contributed by atoms with Gasteiger partial charge < -0.3 is 9.30 Å². The van der Waals surface area contributed by atoms with E-state index < -0.39 is 0 Å². The average molecular weight is 737 g/mol. The van der Waals surface area contributed by atoms with Crippen molar-refractivity contribution in [3.05, 3.63) is 132 Å². The predicted molar refractivity (Wildman–Crippen MR) is 197 cm³/mol. The van der Waals surface area contributed by atoms with Gasteiger partial charge in [-0.3, -0.25) is 4.68 Å². The molecule has 0 radical (unpaired) electrons. The molecule has 0 unspecified atom stereocenters. The number of ether oxygens (including phenoxy) is 1. The van der Waals surface area contributed by atoms with Crippen molar-refractivity contribution >= 4 is 21.8 Å². The van der Waals surface area contributed by atoms with Gasteiger partial charge in [-0.1, -0.05) is 103 Å². The Morgan fingerprint density at radius 3 is 2.18 bits per heavy atom. The molecule has 0 aliphatic rings. The van der Waals surface area contributed by atoms with Crippen LogP contribution in [0.15, 0.2) is 97.2 Å². The molecule has 250 valence electrons. The summed E-state index contributed by atoms with van der Waals surface area (Å²) in [4.78, 5) is 4.73. The number of pyridine rings is 1. The molecule has 6 heteroatoms. The number of hydrogen-bond donors (Lipinski definition) is 0. The van der Waals surface area contributed by atoms with Gasteiger partial charge in [-0.25, -0.2) is 4.98 Å². The van der Waals surface area contributed by atoms with Crippen LogP contribution in [0.25, 0.3) is 44.4 Å². The number of rotatable bonds is 7. The molecule has 0 bridgehead atoms. The zero-order valence-corrected chi connectivity index (χ0v) is 31.0. The minimum absolute atomic E-state index is 0.